The summed E-state index contributed by atoms with van der Waals surface area (Å²) in [5, 5.41) is 3.33. The minimum absolute atomic E-state index is 1.08. The van der Waals surface area contributed by atoms with Gasteiger partial charge in [0.15, 0.2) is 11.9 Å². The second-order valence-electron chi connectivity index (χ2n) is 5.74. The third kappa shape index (κ3) is 11.6. The maximum absolute atomic E-state index is 3.33. The van der Waals surface area contributed by atoms with Crippen LogP contribution in [0.1, 0.15) is 44.7 Å². The molecule has 0 amide bonds. The van der Waals surface area contributed by atoms with Crippen LogP contribution in [0.5, 0.6) is 0 Å². The van der Waals surface area contributed by atoms with Crippen molar-refractivity contribution in [3.8, 4) is 0 Å². The quantitative estimate of drug-likeness (QED) is 0.209. The van der Waals surface area contributed by atoms with E-state index in [0.29, 0.717) is 0 Å². The van der Waals surface area contributed by atoms with Gasteiger partial charge in [-0.05, 0) is 38.0 Å². The Balaban J connectivity index is 1.83. The molecule has 24 heavy (non-hydrogen) atoms. The van der Waals surface area contributed by atoms with Crippen molar-refractivity contribution in [1.82, 2.24) is 5.32 Å². The van der Waals surface area contributed by atoms with E-state index in [1.54, 1.807) is 0 Å². The second-order valence-corrected chi connectivity index (χ2v) is 8.45. The van der Waals surface area contributed by atoms with Crippen molar-refractivity contribution < 1.29 is 4.57 Å². The average molecular weight is 366 g/mol. The summed E-state index contributed by atoms with van der Waals surface area (Å²) in [4.78, 5) is 0. The Bertz CT molecular complexity index is 472. The Morgan fingerprint density at radius 1 is 1.04 bits per heavy atom. The lowest BCUT2D eigenvalue weighted by molar-refractivity contribution is -0.703. The zero-order valence-corrected chi connectivity index (χ0v) is 16.9. The summed E-state index contributed by atoms with van der Waals surface area (Å²) in [7, 11) is 4.06. The highest BCUT2D eigenvalue weighted by Gasteiger charge is 2.03. The predicted octanol–water partition coefficient (Wildman–Crippen LogP) is 5.29. The number of aryl methyl sites for hydroxylation is 2. The van der Waals surface area contributed by atoms with Gasteiger partial charge >= 0.3 is 0 Å². The van der Waals surface area contributed by atoms with E-state index in [4.69, 9.17) is 0 Å². The monoisotopic (exact) mass is 365 g/mol. The van der Waals surface area contributed by atoms with E-state index >= 15 is 0 Å². The first kappa shape index (κ1) is 21.2. The van der Waals surface area contributed by atoms with Crippen molar-refractivity contribution in [1.29, 1.82) is 0 Å². The standard InChI is InChI=1S/C20H33N2S2/c1-3-4-5-7-14-21-15-8-11-18-23-24-19-12-10-17-22-16-9-6-13-20(22)2/h4-7,9,13-14,16,21H,3,8,10-12,15,17-19H2,1-2H3/q+1/b5-4-,14-7-. The van der Waals surface area contributed by atoms with Crippen LogP contribution in [0, 0.1) is 6.92 Å². The van der Waals surface area contributed by atoms with Gasteiger partial charge in [0.1, 0.15) is 6.54 Å². The van der Waals surface area contributed by atoms with E-state index < -0.39 is 0 Å². The summed E-state index contributed by atoms with van der Waals surface area (Å²) in [6.07, 6.45) is 16.8. The predicted molar refractivity (Wildman–Crippen MR) is 111 cm³/mol. The van der Waals surface area contributed by atoms with Crippen molar-refractivity contribution in [2.45, 2.75) is 52.5 Å². The molecule has 2 nitrogen and oxygen atoms in total. The summed E-state index contributed by atoms with van der Waals surface area (Å²) in [6.45, 7) is 6.55. The number of aromatic nitrogens is 1. The summed E-state index contributed by atoms with van der Waals surface area (Å²) in [5.41, 5.74) is 1.35. The molecule has 0 aliphatic carbocycles. The SMILES string of the molecule is CC/C=C\C=C/NCCCCSSCCCC[n+]1ccccc1C. The summed E-state index contributed by atoms with van der Waals surface area (Å²) in [6, 6.07) is 6.40. The number of allylic oxidation sites excluding steroid dienone is 3. The molecule has 1 N–H and O–H groups in total. The molecule has 1 rings (SSSR count). The van der Waals surface area contributed by atoms with Gasteiger partial charge in [0.25, 0.3) is 0 Å². The molecule has 0 saturated carbocycles. The minimum atomic E-state index is 1.08. The van der Waals surface area contributed by atoms with Crippen LogP contribution in [0.3, 0.4) is 0 Å². The Kier molecular flexibility index (Phi) is 13.8. The highest BCUT2D eigenvalue weighted by atomic mass is 33.1. The number of nitrogens with one attached hydrogen (secondary N) is 1. The molecular formula is C20H33N2S2+. The number of unbranched alkanes of at least 4 members (excludes halogenated alkanes) is 2. The van der Waals surface area contributed by atoms with Gasteiger partial charge in [0, 0.05) is 43.5 Å². The number of hydrogen-bond donors (Lipinski definition) is 1. The zero-order valence-electron chi connectivity index (χ0n) is 15.2. The number of hydrogen-bond acceptors (Lipinski definition) is 3. The van der Waals surface area contributed by atoms with Gasteiger partial charge in [-0.3, -0.25) is 0 Å². The summed E-state index contributed by atoms with van der Waals surface area (Å²) in [5.74, 6) is 2.53. The molecule has 134 valence electrons. The highest BCUT2D eigenvalue weighted by Crippen LogP contribution is 2.23. The molecule has 4 heteroatoms. The van der Waals surface area contributed by atoms with E-state index in [2.05, 4.69) is 66.4 Å². The second kappa shape index (κ2) is 15.6. The molecule has 1 heterocycles. The Hall–Kier alpha value is -0.870. The van der Waals surface area contributed by atoms with E-state index in [1.165, 1.54) is 42.9 Å². The van der Waals surface area contributed by atoms with Gasteiger partial charge in [-0.1, -0.05) is 46.7 Å². The smallest absolute Gasteiger partial charge is 0.178 e. The molecule has 0 radical (unpaired) electrons. The van der Waals surface area contributed by atoms with Crippen LogP contribution in [-0.2, 0) is 6.54 Å². The van der Waals surface area contributed by atoms with E-state index in [9.17, 15) is 0 Å². The van der Waals surface area contributed by atoms with Crippen LogP contribution in [0.2, 0.25) is 0 Å². The highest BCUT2D eigenvalue weighted by molar-refractivity contribution is 8.76. The normalized spacial score (nSPS) is 11.6. The maximum atomic E-state index is 3.33. The van der Waals surface area contributed by atoms with E-state index in [0.717, 1.165) is 19.5 Å². The Morgan fingerprint density at radius 3 is 2.58 bits per heavy atom. The van der Waals surface area contributed by atoms with E-state index in [1.807, 2.05) is 27.8 Å². The van der Waals surface area contributed by atoms with Crippen molar-refractivity contribution in [3.05, 3.63) is 54.5 Å². The molecule has 1 aromatic rings. The largest absolute Gasteiger partial charge is 0.391 e. The lowest BCUT2D eigenvalue weighted by atomic mass is 10.3. The van der Waals surface area contributed by atoms with Gasteiger partial charge in [0.2, 0.25) is 0 Å². The first-order valence-electron chi connectivity index (χ1n) is 9.09. The third-order valence-electron chi connectivity index (χ3n) is 3.62. The molecule has 0 aliphatic heterocycles. The first-order valence-corrected chi connectivity index (χ1v) is 11.6. The maximum Gasteiger partial charge on any atom is 0.178 e. The summed E-state index contributed by atoms with van der Waals surface area (Å²) < 4.78 is 2.34. The molecule has 0 fully saturated rings. The van der Waals surface area contributed by atoms with Gasteiger partial charge in [-0.25, -0.2) is 4.57 Å². The molecule has 0 spiro atoms. The fourth-order valence-corrected chi connectivity index (χ4v) is 4.48. The van der Waals surface area contributed by atoms with Crippen LogP contribution in [0.25, 0.3) is 0 Å². The van der Waals surface area contributed by atoms with Crippen molar-refractivity contribution in [2.75, 3.05) is 18.1 Å². The summed E-state index contributed by atoms with van der Waals surface area (Å²) >= 11 is 0. The van der Waals surface area contributed by atoms with Crippen LogP contribution in [0.4, 0.5) is 0 Å². The molecule has 0 aromatic carbocycles. The van der Waals surface area contributed by atoms with Crippen molar-refractivity contribution >= 4 is 21.6 Å². The van der Waals surface area contributed by atoms with Gasteiger partial charge in [-0.2, -0.15) is 0 Å². The molecule has 0 aliphatic rings. The van der Waals surface area contributed by atoms with Crippen LogP contribution >= 0.6 is 21.6 Å². The number of rotatable bonds is 14. The topological polar surface area (TPSA) is 15.9 Å². The fraction of sp³-hybridized carbons (Fsp3) is 0.550. The van der Waals surface area contributed by atoms with Crippen LogP contribution < -0.4 is 9.88 Å². The van der Waals surface area contributed by atoms with Gasteiger partial charge in [0.05, 0.1) is 0 Å². The number of pyridine rings is 1. The molecule has 0 bridgehead atoms. The van der Waals surface area contributed by atoms with Crippen LogP contribution in [-0.4, -0.2) is 18.1 Å². The molecular weight excluding hydrogens is 332 g/mol. The molecule has 1 aromatic heterocycles. The molecule has 0 atom stereocenters. The van der Waals surface area contributed by atoms with E-state index in [-0.39, 0.29) is 0 Å². The third-order valence-corrected chi connectivity index (χ3v) is 6.20. The van der Waals surface area contributed by atoms with Crippen molar-refractivity contribution in [2.24, 2.45) is 0 Å². The lowest BCUT2D eigenvalue weighted by Gasteiger charge is -2.02. The fourth-order valence-electron chi connectivity index (χ4n) is 2.18. The molecule has 0 unspecified atom stereocenters. The van der Waals surface area contributed by atoms with Crippen molar-refractivity contribution in [3.63, 3.8) is 0 Å². The van der Waals surface area contributed by atoms with Gasteiger partial charge < -0.3 is 5.32 Å². The first-order chi connectivity index (χ1) is 11.8. The van der Waals surface area contributed by atoms with Crippen LogP contribution in [0.15, 0.2) is 48.8 Å². The Labute approximate surface area is 156 Å². The average Bonchev–Trinajstić information content (AvgIpc) is 2.60. The Morgan fingerprint density at radius 2 is 1.83 bits per heavy atom. The molecule has 0 saturated heterocycles. The zero-order chi connectivity index (χ0) is 17.3. The number of nitrogens with zero attached hydrogens (tertiary/aromatic N) is 1. The minimum Gasteiger partial charge on any atom is -0.391 e. The van der Waals surface area contributed by atoms with Gasteiger partial charge in [-0.15, -0.1) is 0 Å². The lowest BCUT2D eigenvalue weighted by Crippen LogP contribution is -2.36.